The Kier molecular flexibility index (Phi) is 2.19. The van der Waals surface area contributed by atoms with Crippen molar-refractivity contribution in [1.29, 1.82) is 0 Å². The van der Waals surface area contributed by atoms with Crippen LogP contribution < -0.4 is 0 Å². The van der Waals surface area contributed by atoms with Gasteiger partial charge in [0.05, 0.1) is 5.39 Å². The Hall–Kier alpha value is -1.49. The normalized spacial score (nSPS) is 12.1. The molecule has 3 heterocycles. The Bertz CT molecular complexity index is 708. The van der Waals surface area contributed by atoms with Crippen molar-refractivity contribution in [3.63, 3.8) is 0 Å². The van der Waals surface area contributed by atoms with Crippen molar-refractivity contribution in [1.82, 2.24) is 19.6 Å². The molecule has 88 valence electrons. The van der Waals surface area contributed by atoms with Crippen molar-refractivity contribution in [2.75, 3.05) is 0 Å². The fourth-order valence-electron chi connectivity index (χ4n) is 2.05. The molecule has 0 bridgehead atoms. The van der Waals surface area contributed by atoms with Gasteiger partial charge in [-0.25, -0.2) is 4.98 Å². The number of hydrogen-bond donors (Lipinski definition) is 0. The molecule has 0 N–H and O–H groups in total. The maximum Gasteiger partial charge on any atom is 0.172 e. The summed E-state index contributed by atoms with van der Waals surface area (Å²) in [5, 5.41) is 9.74. The van der Waals surface area contributed by atoms with E-state index in [0.717, 1.165) is 21.7 Å². The first-order valence-corrected chi connectivity index (χ1v) is 6.50. The van der Waals surface area contributed by atoms with Gasteiger partial charge in [-0.05, 0) is 19.4 Å². The van der Waals surface area contributed by atoms with Crippen molar-refractivity contribution >= 4 is 27.2 Å². The predicted octanol–water partition coefficient (Wildman–Crippen LogP) is 3.08. The third-order valence-electron chi connectivity index (χ3n) is 3.12. The predicted molar refractivity (Wildman–Crippen MR) is 69.7 cm³/mol. The maximum absolute atomic E-state index is 4.51. The van der Waals surface area contributed by atoms with Gasteiger partial charge >= 0.3 is 0 Å². The number of thiophene rings is 1. The smallest absolute Gasteiger partial charge is 0.172 e. The zero-order chi connectivity index (χ0) is 12.2. The van der Waals surface area contributed by atoms with E-state index in [9.17, 15) is 0 Å². The molecule has 0 saturated carbocycles. The van der Waals surface area contributed by atoms with Gasteiger partial charge in [0, 0.05) is 10.8 Å². The summed E-state index contributed by atoms with van der Waals surface area (Å²) < 4.78 is 2.01. The summed E-state index contributed by atoms with van der Waals surface area (Å²) in [7, 11) is 0. The van der Waals surface area contributed by atoms with Gasteiger partial charge < -0.3 is 0 Å². The van der Waals surface area contributed by atoms with Crippen LogP contribution in [0.15, 0.2) is 6.33 Å². The van der Waals surface area contributed by atoms with Gasteiger partial charge in [-0.2, -0.15) is 0 Å². The number of aryl methyl sites for hydroxylation is 2. The maximum atomic E-state index is 4.51. The van der Waals surface area contributed by atoms with Crippen LogP contribution in [0.2, 0.25) is 0 Å². The SMILES string of the molecule is Cc1sc2ncn3c(C(C)C)nnc3c2c1C. The summed E-state index contributed by atoms with van der Waals surface area (Å²) in [5.74, 6) is 1.32. The first kappa shape index (κ1) is 10.7. The van der Waals surface area contributed by atoms with Crippen molar-refractivity contribution in [2.45, 2.75) is 33.6 Å². The number of nitrogens with zero attached hydrogens (tertiary/aromatic N) is 4. The zero-order valence-corrected chi connectivity index (χ0v) is 11.2. The molecule has 3 rings (SSSR count). The van der Waals surface area contributed by atoms with Gasteiger partial charge in [-0.3, -0.25) is 4.40 Å². The van der Waals surface area contributed by atoms with E-state index >= 15 is 0 Å². The molecule has 17 heavy (non-hydrogen) atoms. The van der Waals surface area contributed by atoms with Crippen molar-refractivity contribution in [2.24, 2.45) is 0 Å². The molecule has 4 nitrogen and oxygen atoms in total. The van der Waals surface area contributed by atoms with Gasteiger partial charge in [0.1, 0.15) is 17.0 Å². The molecule has 0 atom stereocenters. The van der Waals surface area contributed by atoms with Gasteiger partial charge in [0.2, 0.25) is 0 Å². The van der Waals surface area contributed by atoms with E-state index in [1.807, 2.05) is 10.7 Å². The fourth-order valence-corrected chi connectivity index (χ4v) is 3.05. The molecule has 0 unspecified atom stereocenters. The quantitative estimate of drug-likeness (QED) is 0.662. The molecule has 0 saturated heterocycles. The van der Waals surface area contributed by atoms with E-state index in [4.69, 9.17) is 0 Å². The van der Waals surface area contributed by atoms with Crippen LogP contribution in [0.3, 0.4) is 0 Å². The molecule has 0 fully saturated rings. The molecular formula is C12H14N4S. The number of hydrogen-bond acceptors (Lipinski definition) is 4. The van der Waals surface area contributed by atoms with Crippen molar-refractivity contribution < 1.29 is 0 Å². The molecular weight excluding hydrogens is 232 g/mol. The van der Waals surface area contributed by atoms with Crippen LogP contribution in [0.5, 0.6) is 0 Å². The Morgan fingerprint density at radius 1 is 1.24 bits per heavy atom. The zero-order valence-electron chi connectivity index (χ0n) is 10.4. The highest BCUT2D eigenvalue weighted by molar-refractivity contribution is 7.18. The average Bonchev–Trinajstić information content (AvgIpc) is 2.81. The molecule has 0 aliphatic carbocycles. The molecule has 0 amide bonds. The van der Waals surface area contributed by atoms with Crippen LogP contribution in [0.25, 0.3) is 15.9 Å². The fraction of sp³-hybridized carbons (Fsp3) is 0.417. The second kappa shape index (κ2) is 3.50. The van der Waals surface area contributed by atoms with Gasteiger partial charge in [-0.15, -0.1) is 21.5 Å². The first-order chi connectivity index (χ1) is 8.09. The molecule has 0 radical (unpaired) electrons. The summed E-state index contributed by atoms with van der Waals surface area (Å²) in [6.07, 6.45) is 1.84. The highest BCUT2D eigenvalue weighted by atomic mass is 32.1. The Morgan fingerprint density at radius 2 is 2.00 bits per heavy atom. The Morgan fingerprint density at radius 3 is 2.71 bits per heavy atom. The molecule has 0 aromatic carbocycles. The lowest BCUT2D eigenvalue weighted by Crippen LogP contribution is -1.97. The monoisotopic (exact) mass is 246 g/mol. The second-order valence-electron chi connectivity index (χ2n) is 4.61. The van der Waals surface area contributed by atoms with Gasteiger partial charge in [-0.1, -0.05) is 13.8 Å². The molecule has 3 aromatic rings. The van der Waals surface area contributed by atoms with Crippen LogP contribution in [-0.2, 0) is 0 Å². The van der Waals surface area contributed by atoms with E-state index in [0.29, 0.717) is 5.92 Å². The Labute approximate surface area is 103 Å². The van der Waals surface area contributed by atoms with Crippen molar-refractivity contribution in [3.05, 3.63) is 22.6 Å². The molecule has 0 aliphatic rings. The summed E-state index contributed by atoms with van der Waals surface area (Å²) in [6, 6.07) is 0. The summed E-state index contributed by atoms with van der Waals surface area (Å²) in [5.41, 5.74) is 2.20. The second-order valence-corrected chi connectivity index (χ2v) is 5.82. The highest BCUT2D eigenvalue weighted by Gasteiger charge is 2.15. The number of fused-ring (bicyclic) bond motifs is 3. The minimum atomic E-state index is 0.351. The van der Waals surface area contributed by atoms with E-state index in [1.165, 1.54) is 10.4 Å². The standard InChI is InChI=1S/C12H14N4S/c1-6(2)10-14-15-11-9-7(3)8(4)17-12(9)13-5-16(10)11/h5-6H,1-4H3. The Balaban J connectivity index is 2.48. The van der Waals surface area contributed by atoms with E-state index in [1.54, 1.807) is 11.3 Å². The van der Waals surface area contributed by atoms with E-state index in [-0.39, 0.29) is 0 Å². The largest absolute Gasteiger partial charge is 0.268 e. The third-order valence-corrected chi connectivity index (χ3v) is 4.23. The van der Waals surface area contributed by atoms with Crippen LogP contribution >= 0.6 is 11.3 Å². The van der Waals surface area contributed by atoms with Crippen LogP contribution in [0.4, 0.5) is 0 Å². The number of rotatable bonds is 1. The van der Waals surface area contributed by atoms with Crippen molar-refractivity contribution in [3.8, 4) is 0 Å². The molecule has 0 spiro atoms. The highest BCUT2D eigenvalue weighted by Crippen LogP contribution is 2.31. The first-order valence-electron chi connectivity index (χ1n) is 5.69. The van der Waals surface area contributed by atoms with Gasteiger partial charge in [0.25, 0.3) is 0 Å². The summed E-state index contributed by atoms with van der Waals surface area (Å²) in [6.45, 7) is 8.48. The summed E-state index contributed by atoms with van der Waals surface area (Å²) in [4.78, 5) is 6.86. The van der Waals surface area contributed by atoms with Gasteiger partial charge in [0.15, 0.2) is 5.65 Å². The van der Waals surface area contributed by atoms with E-state index < -0.39 is 0 Å². The molecule has 3 aromatic heterocycles. The lowest BCUT2D eigenvalue weighted by Gasteiger charge is -2.02. The summed E-state index contributed by atoms with van der Waals surface area (Å²) >= 11 is 1.72. The third kappa shape index (κ3) is 1.38. The number of aromatic nitrogens is 4. The lowest BCUT2D eigenvalue weighted by atomic mass is 10.2. The van der Waals surface area contributed by atoms with Crippen LogP contribution in [0.1, 0.15) is 36.0 Å². The lowest BCUT2D eigenvalue weighted by molar-refractivity contribution is 0.755. The van der Waals surface area contributed by atoms with Crippen LogP contribution in [0, 0.1) is 13.8 Å². The van der Waals surface area contributed by atoms with E-state index in [2.05, 4.69) is 42.9 Å². The van der Waals surface area contributed by atoms with Crippen LogP contribution in [-0.4, -0.2) is 19.6 Å². The minimum Gasteiger partial charge on any atom is -0.268 e. The molecule has 0 aliphatic heterocycles. The average molecular weight is 246 g/mol. The molecule has 5 heteroatoms. The minimum absolute atomic E-state index is 0.351. The topological polar surface area (TPSA) is 43.1 Å².